The first-order valence-corrected chi connectivity index (χ1v) is 9.08. The van der Waals surface area contributed by atoms with E-state index in [9.17, 15) is 9.59 Å². The van der Waals surface area contributed by atoms with Crippen molar-refractivity contribution in [3.63, 3.8) is 0 Å². The van der Waals surface area contributed by atoms with Gasteiger partial charge in [-0.1, -0.05) is 18.2 Å². The van der Waals surface area contributed by atoms with E-state index >= 15 is 0 Å². The number of rotatable bonds is 5. The highest BCUT2D eigenvalue weighted by atomic mass is 16.2. The highest BCUT2D eigenvalue weighted by Gasteiger charge is 2.25. The fraction of sp³-hybridized carbons (Fsp3) is 0.286. The molecular formula is C21H24N4O2. The second-order valence-corrected chi connectivity index (χ2v) is 6.76. The zero-order chi connectivity index (χ0) is 19.6. The first-order valence-electron chi connectivity index (χ1n) is 9.08. The maximum atomic E-state index is 13.3. The van der Waals surface area contributed by atoms with Crippen LogP contribution in [0.15, 0.2) is 48.7 Å². The van der Waals surface area contributed by atoms with E-state index < -0.39 is 0 Å². The van der Waals surface area contributed by atoms with Gasteiger partial charge in [0.15, 0.2) is 5.69 Å². The molecule has 6 nitrogen and oxygen atoms in total. The van der Waals surface area contributed by atoms with Crippen LogP contribution in [-0.2, 0) is 0 Å². The molecule has 0 saturated carbocycles. The van der Waals surface area contributed by atoms with Crippen molar-refractivity contribution < 1.29 is 9.59 Å². The Kier molecular flexibility index (Phi) is 5.26. The minimum absolute atomic E-state index is 0.0212. The van der Waals surface area contributed by atoms with Crippen LogP contribution in [0.3, 0.4) is 0 Å². The molecule has 0 aliphatic rings. The van der Waals surface area contributed by atoms with Crippen LogP contribution in [0.25, 0.3) is 5.52 Å². The molecule has 1 N–H and O–H groups in total. The minimum atomic E-state index is -0.302. The number of amides is 2. The number of aryl methyl sites for hydroxylation is 1. The second kappa shape index (κ2) is 7.61. The molecule has 140 valence electrons. The number of imidazole rings is 1. The molecule has 3 rings (SSSR count). The molecule has 0 unspecified atom stereocenters. The Bertz CT molecular complexity index is 991. The van der Waals surface area contributed by atoms with Gasteiger partial charge in [0.2, 0.25) is 5.82 Å². The number of aromatic nitrogens is 2. The summed E-state index contributed by atoms with van der Waals surface area (Å²) >= 11 is 0. The number of hydrogen-bond donors (Lipinski definition) is 1. The predicted octanol–water partition coefficient (Wildman–Crippen LogP) is 3.45. The molecule has 0 aliphatic heterocycles. The van der Waals surface area contributed by atoms with Crippen molar-refractivity contribution in [3.8, 4) is 0 Å². The standard InChI is InChI=1S/C21H24N4O2/c1-5-24(16-10-8-9-15(4)13-16)21(27)18-17-11-6-7-12-25(17)19(23-18)20(26)22-14(2)3/h6-14H,5H2,1-4H3,(H,22,26). The van der Waals surface area contributed by atoms with Crippen molar-refractivity contribution in [1.82, 2.24) is 14.7 Å². The molecule has 0 aliphatic carbocycles. The quantitative estimate of drug-likeness (QED) is 0.754. The number of nitrogens with one attached hydrogen (secondary N) is 1. The summed E-state index contributed by atoms with van der Waals surface area (Å²) in [7, 11) is 0. The molecule has 2 amide bonds. The van der Waals surface area contributed by atoms with Crippen molar-refractivity contribution in [3.05, 3.63) is 65.7 Å². The van der Waals surface area contributed by atoms with Crippen molar-refractivity contribution in [2.75, 3.05) is 11.4 Å². The summed E-state index contributed by atoms with van der Waals surface area (Å²) in [6.45, 7) is 8.18. The Morgan fingerprint density at radius 2 is 1.96 bits per heavy atom. The molecule has 2 heterocycles. The number of carbonyl (C=O) groups is 2. The molecule has 0 spiro atoms. The zero-order valence-corrected chi connectivity index (χ0v) is 16.1. The molecule has 0 saturated heterocycles. The molecule has 2 aromatic heterocycles. The lowest BCUT2D eigenvalue weighted by molar-refractivity contribution is 0.0932. The topological polar surface area (TPSA) is 66.7 Å². The van der Waals surface area contributed by atoms with Gasteiger partial charge in [0, 0.05) is 24.5 Å². The average molecular weight is 364 g/mol. The average Bonchev–Trinajstić information content (AvgIpc) is 3.01. The van der Waals surface area contributed by atoms with E-state index in [-0.39, 0.29) is 29.4 Å². The fourth-order valence-corrected chi connectivity index (χ4v) is 3.05. The number of anilines is 1. The van der Waals surface area contributed by atoms with Crippen LogP contribution < -0.4 is 10.2 Å². The Morgan fingerprint density at radius 3 is 2.63 bits per heavy atom. The van der Waals surface area contributed by atoms with Gasteiger partial charge in [-0.3, -0.25) is 14.0 Å². The van der Waals surface area contributed by atoms with Gasteiger partial charge in [-0.25, -0.2) is 4.98 Å². The van der Waals surface area contributed by atoms with E-state index in [1.165, 1.54) is 0 Å². The highest BCUT2D eigenvalue weighted by Crippen LogP contribution is 2.21. The number of pyridine rings is 1. The zero-order valence-electron chi connectivity index (χ0n) is 16.1. The van der Waals surface area contributed by atoms with E-state index in [0.717, 1.165) is 11.3 Å². The van der Waals surface area contributed by atoms with Crippen LogP contribution in [0.5, 0.6) is 0 Å². The van der Waals surface area contributed by atoms with Gasteiger partial charge in [0.05, 0.1) is 5.52 Å². The number of carbonyl (C=O) groups excluding carboxylic acids is 2. The molecule has 3 aromatic rings. The second-order valence-electron chi connectivity index (χ2n) is 6.76. The fourth-order valence-electron chi connectivity index (χ4n) is 3.05. The summed E-state index contributed by atoms with van der Waals surface area (Å²) in [6, 6.07) is 13.2. The number of nitrogens with zero attached hydrogens (tertiary/aromatic N) is 3. The van der Waals surface area contributed by atoms with Gasteiger partial charge in [-0.2, -0.15) is 0 Å². The number of fused-ring (bicyclic) bond motifs is 1. The van der Waals surface area contributed by atoms with E-state index in [2.05, 4.69) is 10.3 Å². The predicted molar refractivity (Wildman–Crippen MR) is 106 cm³/mol. The monoisotopic (exact) mass is 364 g/mol. The van der Waals surface area contributed by atoms with E-state index in [1.54, 1.807) is 21.6 Å². The summed E-state index contributed by atoms with van der Waals surface area (Å²) in [5.74, 6) is -0.317. The molecule has 0 bridgehead atoms. The lowest BCUT2D eigenvalue weighted by Crippen LogP contribution is -2.32. The smallest absolute Gasteiger partial charge is 0.287 e. The van der Waals surface area contributed by atoms with Crippen LogP contribution in [0, 0.1) is 6.92 Å². The molecular weight excluding hydrogens is 340 g/mol. The summed E-state index contributed by atoms with van der Waals surface area (Å²) in [6.07, 6.45) is 1.75. The van der Waals surface area contributed by atoms with Gasteiger partial charge in [-0.05, 0) is 57.5 Å². The van der Waals surface area contributed by atoms with Crippen molar-refractivity contribution in [1.29, 1.82) is 0 Å². The molecule has 0 atom stereocenters. The van der Waals surface area contributed by atoms with E-state index in [0.29, 0.717) is 12.1 Å². The van der Waals surface area contributed by atoms with Gasteiger partial charge >= 0.3 is 0 Å². The Hall–Kier alpha value is -3.15. The van der Waals surface area contributed by atoms with Crippen LogP contribution >= 0.6 is 0 Å². The van der Waals surface area contributed by atoms with Gasteiger partial charge in [-0.15, -0.1) is 0 Å². The maximum absolute atomic E-state index is 13.3. The van der Waals surface area contributed by atoms with Crippen molar-refractivity contribution in [2.45, 2.75) is 33.7 Å². The lowest BCUT2D eigenvalue weighted by Gasteiger charge is -2.20. The number of benzene rings is 1. The molecule has 0 fully saturated rings. The third kappa shape index (κ3) is 3.69. The molecule has 1 aromatic carbocycles. The summed E-state index contributed by atoms with van der Waals surface area (Å²) < 4.78 is 1.66. The van der Waals surface area contributed by atoms with Gasteiger partial charge < -0.3 is 10.2 Å². The van der Waals surface area contributed by atoms with Gasteiger partial charge in [0.1, 0.15) is 0 Å². The van der Waals surface area contributed by atoms with Crippen LogP contribution in [0.1, 0.15) is 47.4 Å². The summed E-state index contributed by atoms with van der Waals surface area (Å²) in [5, 5.41) is 2.84. The third-order valence-electron chi connectivity index (χ3n) is 4.25. The molecule has 27 heavy (non-hydrogen) atoms. The molecule has 0 radical (unpaired) electrons. The minimum Gasteiger partial charge on any atom is -0.347 e. The van der Waals surface area contributed by atoms with E-state index in [4.69, 9.17) is 0 Å². The van der Waals surface area contributed by atoms with Crippen molar-refractivity contribution >= 4 is 23.0 Å². The number of hydrogen-bond acceptors (Lipinski definition) is 3. The highest BCUT2D eigenvalue weighted by molar-refractivity contribution is 6.10. The van der Waals surface area contributed by atoms with Gasteiger partial charge in [0.25, 0.3) is 11.8 Å². The van der Waals surface area contributed by atoms with Crippen molar-refractivity contribution in [2.24, 2.45) is 0 Å². The Labute approximate surface area is 158 Å². The first-order chi connectivity index (χ1) is 12.9. The summed E-state index contributed by atoms with van der Waals surface area (Å²) in [4.78, 5) is 31.9. The van der Waals surface area contributed by atoms with Crippen LogP contribution in [0.4, 0.5) is 5.69 Å². The third-order valence-corrected chi connectivity index (χ3v) is 4.25. The Balaban J connectivity index is 2.08. The SMILES string of the molecule is CCN(C(=O)c1nc(C(=O)NC(C)C)n2ccccc12)c1cccc(C)c1. The first kappa shape index (κ1) is 18.6. The lowest BCUT2D eigenvalue weighted by atomic mass is 10.2. The van der Waals surface area contributed by atoms with E-state index in [1.807, 2.05) is 64.1 Å². The molecule has 6 heteroatoms. The normalized spacial score (nSPS) is 11.0. The van der Waals surface area contributed by atoms with Crippen LogP contribution in [-0.4, -0.2) is 33.8 Å². The summed E-state index contributed by atoms with van der Waals surface area (Å²) in [5.41, 5.74) is 2.77. The largest absolute Gasteiger partial charge is 0.347 e. The Morgan fingerprint density at radius 1 is 1.19 bits per heavy atom. The maximum Gasteiger partial charge on any atom is 0.287 e. The van der Waals surface area contributed by atoms with Crippen LogP contribution in [0.2, 0.25) is 0 Å².